The Morgan fingerprint density at radius 3 is 1.08 bits per heavy atom. The molecule has 1 atom stereocenters. The number of carboxylic acids is 1. The molecule has 0 aromatic rings. The smallest absolute Gasteiger partial charge is 0.322 e. The summed E-state index contributed by atoms with van der Waals surface area (Å²) in [7, 11) is 0. The van der Waals surface area contributed by atoms with Crippen LogP contribution >= 0.6 is 0 Å². The largest absolute Gasteiger partial charge is 0.480 e. The molecule has 6 heteroatoms. The number of hydrogen-bond acceptors (Lipinski definition) is 4. The minimum Gasteiger partial charge on any atom is -0.480 e. The SMILES string of the molecule is CCCCCCCCCCCCCCCCCC(CCCCCCCC(=O)NCC(=O)O)OC(=O)CCCCCCCCCCCCCCC. The Labute approximate surface area is 310 Å². The lowest BCUT2D eigenvalue weighted by molar-refractivity contribution is -0.150. The first kappa shape index (κ1) is 48.4. The molecule has 0 rings (SSSR count). The summed E-state index contributed by atoms with van der Waals surface area (Å²) in [5.74, 6) is -1.21. The highest BCUT2D eigenvalue weighted by molar-refractivity contribution is 5.80. The molecule has 0 fully saturated rings. The standard InChI is InChI=1S/C44H85NO5/c1-3-5-7-9-11-13-15-17-18-20-21-23-25-28-32-36-41(37-33-29-27-30-34-38-42(46)45-40-43(47)48)50-44(49)39-35-31-26-24-22-19-16-14-12-10-8-6-4-2/h41H,3-40H2,1-2H3,(H,45,46)(H,47,48). The van der Waals surface area contributed by atoms with Gasteiger partial charge in [0.05, 0.1) is 0 Å². The number of carbonyl (C=O) groups is 3. The summed E-state index contributed by atoms with van der Waals surface area (Å²) >= 11 is 0. The third-order valence-corrected chi connectivity index (χ3v) is 10.3. The van der Waals surface area contributed by atoms with Crippen molar-refractivity contribution in [3.05, 3.63) is 0 Å². The van der Waals surface area contributed by atoms with Crippen LogP contribution in [0.25, 0.3) is 0 Å². The summed E-state index contributed by atoms with van der Waals surface area (Å²) in [6.07, 6.45) is 45.1. The highest BCUT2D eigenvalue weighted by atomic mass is 16.5. The van der Waals surface area contributed by atoms with Gasteiger partial charge in [-0.05, 0) is 38.5 Å². The van der Waals surface area contributed by atoms with Gasteiger partial charge >= 0.3 is 11.9 Å². The Morgan fingerprint density at radius 2 is 0.740 bits per heavy atom. The molecule has 0 aromatic heterocycles. The molecule has 0 aliphatic heterocycles. The molecule has 0 saturated carbocycles. The summed E-state index contributed by atoms with van der Waals surface area (Å²) in [4.78, 5) is 35.0. The van der Waals surface area contributed by atoms with E-state index in [-0.39, 0.29) is 24.5 Å². The van der Waals surface area contributed by atoms with Gasteiger partial charge in [0, 0.05) is 12.8 Å². The highest BCUT2D eigenvalue weighted by Crippen LogP contribution is 2.19. The highest BCUT2D eigenvalue weighted by Gasteiger charge is 2.14. The predicted octanol–water partition coefficient (Wildman–Crippen LogP) is 13.6. The first-order valence-corrected chi connectivity index (χ1v) is 22.2. The first-order chi connectivity index (χ1) is 24.5. The number of nitrogens with one attached hydrogen (secondary N) is 1. The fraction of sp³-hybridized carbons (Fsp3) is 0.932. The van der Waals surface area contributed by atoms with Gasteiger partial charge in [-0.3, -0.25) is 14.4 Å². The molecule has 0 radical (unpaired) electrons. The van der Waals surface area contributed by atoms with E-state index in [1.165, 1.54) is 161 Å². The molecule has 0 spiro atoms. The lowest BCUT2D eigenvalue weighted by Gasteiger charge is -2.18. The van der Waals surface area contributed by atoms with Crippen LogP contribution in [-0.2, 0) is 19.1 Å². The van der Waals surface area contributed by atoms with E-state index < -0.39 is 5.97 Å². The summed E-state index contributed by atoms with van der Waals surface area (Å²) < 4.78 is 6.04. The van der Waals surface area contributed by atoms with Gasteiger partial charge in [-0.15, -0.1) is 0 Å². The van der Waals surface area contributed by atoms with Crippen molar-refractivity contribution >= 4 is 17.8 Å². The van der Waals surface area contributed by atoms with Gasteiger partial charge in [0.1, 0.15) is 12.6 Å². The zero-order chi connectivity index (χ0) is 36.6. The molecular weight excluding hydrogens is 622 g/mol. The molecule has 6 nitrogen and oxygen atoms in total. The predicted molar refractivity (Wildman–Crippen MR) is 213 cm³/mol. The number of rotatable bonds is 41. The number of carboxylic acid groups (broad SMARTS) is 1. The first-order valence-electron chi connectivity index (χ1n) is 22.2. The van der Waals surface area contributed by atoms with Crippen molar-refractivity contribution in [1.29, 1.82) is 0 Å². The Balaban J connectivity index is 4.12. The molecule has 0 aliphatic carbocycles. The Bertz CT molecular complexity index is 742. The maximum atomic E-state index is 12.8. The normalized spacial score (nSPS) is 11.9. The van der Waals surface area contributed by atoms with Gasteiger partial charge in [-0.25, -0.2) is 0 Å². The van der Waals surface area contributed by atoms with E-state index in [1.807, 2.05) is 0 Å². The monoisotopic (exact) mass is 708 g/mol. The number of aliphatic carboxylic acids is 1. The molecule has 296 valence electrons. The Hall–Kier alpha value is -1.59. The van der Waals surface area contributed by atoms with Gasteiger partial charge < -0.3 is 15.2 Å². The van der Waals surface area contributed by atoms with Gasteiger partial charge in [0.2, 0.25) is 5.91 Å². The molecule has 1 amide bonds. The average Bonchev–Trinajstić information content (AvgIpc) is 3.10. The molecule has 0 bridgehead atoms. The Morgan fingerprint density at radius 1 is 0.440 bits per heavy atom. The summed E-state index contributed by atoms with van der Waals surface area (Å²) in [6.45, 7) is 4.25. The third-order valence-electron chi connectivity index (χ3n) is 10.3. The number of amides is 1. The van der Waals surface area contributed by atoms with Crippen molar-refractivity contribution in [2.45, 2.75) is 258 Å². The number of esters is 1. The van der Waals surface area contributed by atoms with Crippen LogP contribution < -0.4 is 5.32 Å². The van der Waals surface area contributed by atoms with Crippen LogP contribution in [0.3, 0.4) is 0 Å². The lowest BCUT2D eigenvalue weighted by atomic mass is 10.0. The van der Waals surface area contributed by atoms with Crippen LogP contribution in [0.15, 0.2) is 0 Å². The number of ether oxygens (including phenoxy) is 1. The average molecular weight is 708 g/mol. The van der Waals surface area contributed by atoms with Gasteiger partial charge in [-0.2, -0.15) is 0 Å². The minimum absolute atomic E-state index is 0.00796. The topological polar surface area (TPSA) is 92.7 Å². The molecule has 0 aromatic carbocycles. The lowest BCUT2D eigenvalue weighted by Crippen LogP contribution is -2.28. The summed E-state index contributed by atoms with van der Waals surface area (Å²) in [5, 5.41) is 11.1. The van der Waals surface area contributed by atoms with E-state index in [4.69, 9.17) is 9.84 Å². The minimum atomic E-state index is -1.01. The van der Waals surface area contributed by atoms with Crippen LogP contribution in [0.2, 0.25) is 0 Å². The number of unbranched alkanes of at least 4 members (excludes halogenated alkanes) is 30. The van der Waals surface area contributed by atoms with E-state index in [1.54, 1.807) is 0 Å². The van der Waals surface area contributed by atoms with Crippen LogP contribution in [0, 0.1) is 0 Å². The zero-order valence-electron chi connectivity index (χ0n) is 33.5. The molecule has 2 N–H and O–H groups in total. The van der Waals surface area contributed by atoms with Crippen molar-refractivity contribution in [1.82, 2.24) is 5.32 Å². The fourth-order valence-corrected chi connectivity index (χ4v) is 6.99. The maximum absolute atomic E-state index is 12.8. The van der Waals surface area contributed by atoms with Gasteiger partial charge in [0.15, 0.2) is 0 Å². The van der Waals surface area contributed by atoms with Crippen molar-refractivity contribution < 1.29 is 24.2 Å². The van der Waals surface area contributed by atoms with E-state index in [2.05, 4.69) is 19.2 Å². The maximum Gasteiger partial charge on any atom is 0.322 e. The third kappa shape index (κ3) is 39.2. The molecule has 50 heavy (non-hydrogen) atoms. The molecule has 0 aliphatic rings. The van der Waals surface area contributed by atoms with E-state index in [0.29, 0.717) is 12.8 Å². The van der Waals surface area contributed by atoms with Crippen LogP contribution in [-0.4, -0.2) is 35.6 Å². The Kier molecular flexibility index (Phi) is 38.9. The summed E-state index contributed by atoms with van der Waals surface area (Å²) in [6, 6.07) is 0. The number of carbonyl (C=O) groups excluding carboxylic acids is 2. The van der Waals surface area contributed by atoms with Crippen LogP contribution in [0.1, 0.15) is 251 Å². The molecular formula is C44H85NO5. The second-order valence-electron chi connectivity index (χ2n) is 15.3. The van der Waals surface area contributed by atoms with E-state index >= 15 is 0 Å². The van der Waals surface area contributed by atoms with Crippen LogP contribution in [0.5, 0.6) is 0 Å². The quantitative estimate of drug-likeness (QED) is 0.0487. The second kappa shape index (κ2) is 40.2. The summed E-state index contributed by atoms with van der Waals surface area (Å²) in [5.41, 5.74) is 0. The fourth-order valence-electron chi connectivity index (χ4n) is 6.99. The zero-order valence-corrected chi connectivity index (χ0v) is 33.5. The molecule has 0 heterocycles. The van der Waals surface area contributed by atoms with E-state index in [9.17, 15) is 14.4 Å². The van der Waals surface area contributed by atoms with Crippen LogP contribution in [0.4, 0.5) is 0 Å². The van der Waals surface area contributed by atoms with Crippen molar-refractivity contribution in [3.8, 4) is 0 Å². The molecule has 1 unspecified atom stereocenters. The van der Waals surface area contributed by atoms with Crippen molar-refractivity contribution in [2.24, 2.45) is 0 Å². The molecule has 0 saturated heterocycles. The second-order valence-corrected chi connectivity index (χ2v) is 15.3. The van der Waals surface area contributed by atoms with Crippen molar-refractivity contribution in [2.75, 3.05) is 6.54 Å². The number of hydrogen-bond donors (Lipinski definition) is 2. The van der Waals surface area contributed by atoms with Gasteiger partial charge in [-0.1, -0.05) is 200 Å². The van der Waals surface area contributed by atoms with Gasteiger partial charge in [0.25, 0.3) is 0 Å². The van der Waals surface area contributed by atoms with E-state index in [0.717, 1.165) is 64.2 Å². The van der Waals surface area contributed by atoms with Crippen molar-refractivity contribution in [3.63, 3.8) is 0 Å².